The van der Waals surface area contributed by atoms with Gasteiger partial charge in [-0.2, -0.15) is 0 Å². The van der Waals surface area contributed by atoms with Crippen molar-refractivity contribution in [1.82, 2.24) is 0 Å². The van der Waals surface area contributed by atoms with E-state index in [2.05, 4.69) is 15.9 Å². The van der Waals surface area contributed by atoms with Crippen molar-refractivity contribution in [1.29, 1.82) is 0 Å². The minimum absolute atomic E-state index is 0.274. The van der Waals surface area contributed by atoms with Gasteiger partial charge in [-0.05, 0) is 21.5 Å². The molecule has 0 saturated carbocycles. The highest BCUT2D eigenvalue weighted by molar-refractivity contribution is 9.09. The average Bonchev–Trinajstić information content (AvgIpc) is 2.40. The van der Waals surface area contributed by atoms with Crippen LogP contribution in [0.15, 0.2) is 60.7 Å². The van der Waals surface area contributed by atoms with Crippen molar-refractivity contribution in [2.45, 2.75) is 10.7 Å². The summed E-state index contributed by atoms with van der Waals surface area (Å²) in [5.74, 6) is 0. The number of hydrogen-bond donors (Lipinski definition) is 0. The zero-order valence-electron chi connectivity index (χ0n) is 8.98. The number of benzene rings is 2. The van der Waals surface area contributed by atoms with Gasteiger partial charge in [-0.1, -0.05) is 60.7 Å². The third kappa shape index (κ3) is 2.55. The molecule has 0 spiro atoms. The first kappa shape index (κ1) is 12.2. The second-order valence-corrected chi connectivity index (χ2v) is 4.92. The average molecular weight is 297 g/mol. The van der Waals surface area contributed by atoms with Crippen LogP contribution in [0.1, 0.15) is 17.3 Å². The Labute approximate surface area is 107 Å². The highest BCUT2D eigenvalue weighted by Crippen LogP contribution is 2.46. The summed E-state index contributed by atoms with van der Waals surface area (Å²) in [5, 5.41) is 0. The van der Waals surface area contributed by atoms with E-state index in [0.29, 0.717) is 5.56 Å². The van der Waals surface area contributed by atoms with Crippen LogP contribution in [0.2, 0.25) is 0 Å². The van der Waals surface area contributed by atoms with Crippen molar-refractivity contribution in [3.05, 3.63) is 71.8 Å². The number of alkyl halides is 3. The molecule has 2 rings (SSSR count). The Morgan fingerprint density at radius 1 is 0.882 bits per heavy atom. The molecule has 0 fully saturated rings. The fraction of sp³-hybridized carbons (Fsp3) is 0.143. The van der Waals surface area contributed by atoms with E-state index in [0.717, 1.165) is 0 Å². The smallest absolute Gasteiger partial charge is 0.225 e. The van der Waals surface area contributed by atoms with Crippen molar-refractivity contribution < 1.29 is 8.78 Å². The van der Waals surface area contributed by atoms with E-state index < -0.39 is 10.7 Å². The van der Waals surface area contributed by atoms with Gasteiger partial charge in [0.05, 0.1) is 0 Å². The summed E-state index contributed by atoms with van der Waals surface area (Å²) < 4.78 is 26.4. The Morgan fingerprint density at radius 2 is 1.35 bits per heavy atom. The number of hydrogen-bond acceptors (Lipinski definition) is 0. The molecule has 0 bridgehead atoms. The summed E-state index contributed by atoms with van der Waals surface area (Å²) >= 11 is 2.85. The van der Waals surface area contributed by atoms with Gasteiger partial charge < -0.3 is 0 Å². The quantitative estimate of drug-likeness (QED) is 0.706. The van der Waals surface area contributed by atoms with Crippen LogP contribution in [0.4, 0.5) is 8.78 Å². The molecule has 0 N–H and O–H groups in total. The van der Waals surface area contributed by atoms with Crippen molar-refractivity contribution in [3.8, 4) is 0 Å². The summed E-state index contributed by atoms with van der Waals surface area (Å²) in [6.07, 6.45) is -1.74. The Hall–Kier alpha value is -1.22. The number of halogens is 3. The topological polar surface area (TPSA) is 0 Å². The van der Waals surface area contributed by atoms with Gasteiger partial charge in [0.15, 0.2) is 6.17 Å². The maximum atomic E-state index is 14.4. The lowest BCUT2D eigenvalue weighted by Gasteiger charge is -2.23. The monoisotopic (exact) mass is 296 g/mol. The molecular formula is C14H11BrF2. The third-order valence-corrected chi connectivity index (χ3v) is 3.43. The lowest BCUT2D eigenvalue weighted by molar-refractivity contribution is 0.143. The molecular weight excluding hydrogens is 286 g/mol. The SMILES string of the molecule is F[C@@H](c1ccccc1)[C@@](F)(Br)c1ccccc1. The molecule has 0 unspecified atom stereocenters. The molecule has 0 amide bonds. The zero-order chi connectivity index (χ0) is 12.3. The molecule has 0 aliphatic rings. The van der Waals surface area contributed by atoms with Crippen molar-refractivity contribution in [2.24, 2.45) is 0 Å². The largest absolute Gasteiger partial charge is 0.237 e. The van der Waals surface area contributed by atoms with Crippen LogP contribution in [0, 0.1) is 0 Å². The van der Waals surface area contributed by atoms with Gasteiger partial charge in [-0.25, -0.2) is 8.78 Å². The first-order chi connectivity index (χ1) is 8.12. The van der Waals surface area contributed by atoms with Gasteiger partial charge in [0.2, 0.25) is 4.58 Å². The van der Waals surface area contributed by atoms with Crippen LogP contribution < -0.4 is 0 Å². The highest BCUT2D eigenvalue weighted by Gasteiger charge is 2.39. The molecule has 0 radical (unpaired) electrons. The van der Waals surface area contributed by atoms with Crippen LogP contribution in [-0.4, -0.2) is 0 Å². The Bertz CT molecular complexity index is 468. The van der Waals surface area contributed by atoms with E-state index in [1.807, 2.05) is 0 Å². The van der Waals surface area contributed by atoms with Gasteiger partial charge in [-0.3, -0.25) is 0 Å². The molecule has 2 atom stereocenters. The van der Waals surface area contributed by atoms with E-state index in [4.69, 9.17) is 0 Å². The number of rotatable bonds is 3. The normalized spacial score (nSPS) is 16.2. The molecule has 0 heterocycles. The predicted octanol–water partition coefficient (Wildman–Crippen LogP) is 4.91. The standard InChI is InChI=1S/C14H11BrF2/c15-14(17,12-9-5-2-6-10-12)13(16)11-7-3-1-4-8-11/h1-10,13H/t13-,14+/m0/s1. The van der Waals surface area contributed by atoms with E-state index in [9.17, 15) is 8.78 Å². The van der Waals surface area contributed by atoms with Gasteiger partial charge in [0.1, 0.15) is 0 Å². The second-order valence-electron chi connectivity index (χ2n) is 3.76. The van der Waals surface area contributed by atoms with E-state index in [-0.39, 0.29) is 5.56 Å². The van der Waals surface area contributed by atoms with E-state index in [1.54, 1.807) is 60.7 Å². The Morgan fingerprint density at radius 3 is 1.88 bits per heavy atom. The van der Waals surface area contributed by atoms with Gasteiger partial charge >= 0.3 is 0 Å². The first-order valence-electron chi connectivity index (χ1n) is 5.24. The van der Waals surface area contributed by atoms with Gasteiger partial charge in [0, 0.05) is 5.56 Å². The molecule has 0 saturated heterocycles. The van der Waals surface area contributed by atoms with Crippen LogP contribution in [0.5, 0.6) is 0 Å². The summed E-state index contributed by atoms with van der Waals surface area (Å²) in [6.45, 7) is 0. The maximum absolute atomic E-state index is 14.4. The van der Waals surface area contributed by atoms with Gasteiger partial charge in [-0.15, -0.1) is 0 Å². The Balaban J connectivity index is 2.33. The molecule has 3 heteroatoms. The van der Waals surface area contributed by atoms with Crippen molar-refractivity contribution in [3.63, 3.8) is 0 Å². The Kier molecular flexibility index (Phi) is 3.57. The molecule has 0 aromatic heterocycles. The van der Waals surface area contributed by atoms with E-state index >= 15 is 0 Å². The van der Waals surface area contributed by atoms with E-state index in [1.165, 1.54) is 0 Å². The van der Waals surface area contributed by atoms with Crippen molar-refractivity contribution >= 4 is 15.9 Å². The van der Waals surface area contributed by atoms with Gasteiger partial charge in [0.25, 0.3) is 0 Å². The first-order valence-corrected chi connectivity index (χ1v) is 6.04. The molecule has 17 heavy (non-hydrogen) atoms. The molecule has 2 aromatic rings. The summed E-state index contributed by atoms with van der Waals surface area (Å²) in [7, 11) is 0. The highest BCUT2D eigenvalue weighted by atomic mass is 79.9. The lowest BCUT2D eigenvalue weighted by Crippen LogP contribution is -2.18. The summed E-state index contributed by atoms with van der Waals surface area (Å²) in [6, 6.07) is 16.5. The van der Waals surface area contributed by atoms with Crippen LogP contribution in [0.25, 0.3) is 0 Å². The van der Waals surface area contributed by atoms with Crippen LogP contribution in [-0.2, 0) is 4.58 Å². The minimum Gasteiger partial charge on any atom is -0.237 e. The molecule has 88 valence electrons. The molecule has 0 aliphatic carbocycles. The summed E-state index contributed by atoms with van der Waals surface area (Å²) in [5.41, 5.74) is 0.590. The fourth-order valence-electron chi connectivity index (χ4n) is 1.64. The maximum Gasteiger partial charge on any atom is 0.225 e. The molecule has 2 aromatic carbocycles. The molecule has 0 nitrogen and oxygen atoms in total. The van der Waals surface area contributed by atoms with Crippen LogP contribution >= 0.6 is 15.9 Å². The predicted molar refractivity (Wildman–Crippen MR) is 68.4 cm³/mol. The van der Waals surface area contributed by atoms with Crippen LogP contribution in [0.3, 0.4) is 0 Å². The summed E-state index contributed by atoms with van der Waals surface area (Å²) in [4.78, 5) is 0. The molecule has 0 aliphatic heterocycles. The zero-order valence-corrected chi connectivity index (χ0v) is 10.6. The third-order valence-electron chi connectivity index (χ3n) is 2.57. The second kappa shape index (κ2) is 4.96. The van der Waals surface area contributed by atoms with Crippen molar-refractivity contribution in [2.75, 3.05) is 0 Å². The fourth-order valence-corrected chi connectivity index (χ4v) is 2.17. The minimum atomic E-state index is -2.20. The lowest BCUT2D eigenvalue weighted by atomic mass is 10.0.